The molecule has 0 aromatic rings. The standard InChI is InChI=1S/C11H18N2O3.C11H17NO4.CH4.H2/c1-11(2,3)16-10(15)13-7-4-6(7)5-8(13)9(12)14;1-11(2,3)16-10(15)12-7-4-6(7)5-8(12)9(13)14;;/h6-8H,4-5H2,1-3H3,(H2,12,14);6-8H,4-5H2,1-3H3,(H,13,14);1H4;1H/t2*6-,7-,8-;;/m00../s1. The minimum absolute atomic E-state index is 0. The number of nitrogens with two attached hydrogens (primary N) is 1. The number of fused-ring (bicyclic) bond motifs is 2. The summed E-state index contributed by atoms with van der Waals surface area (Å²) in [6.07, 6.45) is 2.25. The smallest absolute Gasteiger partial charge is 0.411 e. The van der Waals surface area contributed by atoms with Crippen molar-refractivity contribution < 1.29 is 35.2 Å². The lowest BCUT2D eigenvalue weighted by Crippen LogP contribution is -2.47. The number of aliphatic carboxylic acids is 1. The van der Waals surface area contributed by atoms with Crippen LogP contribution >= 0.6 is 0 Å². The van der Waals surface area contributed by atoms with Crippen LogP contribution in [0.3, 0.4) is 0 Å². The summed E-state index contributed by atoms with van der Waals surface area (Å²) in [6, 6.07) is -0.902. The number of likely N-dealkylation sites (tertiary alicyclic amines) is 2. The predicted molar refractivity (Wildman–Crippen MR) is 122 cm³/mol. The Balaban J connectivity index is 0.000000321. The monoisotopic (exact) mass is 471 g/mol. The Bertz CT molecular complexity index is 741. The summed E-state index contributed by atoms with van der Waals surface area (Å²) in [5.74, 6) is -0.547. The van der Waals surface area contributed by atoms with Crippen molar-refractivity contribution in [2.75, 3.05) is 0 Å². The molecule has 4 rings (SSSR count). The zero-order valence-electron chi connectivity index (χ0n) is 19.7. The van der Waals surface area contributed by atoms with Gasteiger partial charge in [0, 0.05) is 13.5 Å². The van der Waals surface area contributed by atoms with E-state index < -0.39 is 47.3 Å². The zero-order valence-corrected chi connectivity index (χ0v) is 19.7. The summed E-state index contributed by atoms with van der Waals surface area (Å²) in [6.45, 7) is 10.8. The first-order valence-corrected chi connectivity index (χ1v) is 11.1. The molecule has 4 aliphatic rings. The molecule has 2 aliphatic carbocycles. The van der Waals surface area contributed by atoms with Gasteiger partial charge in [0.15, 0.2) is 0 Å². The molecule has 0 unspecified atom stereocenters. The summed E-state index contributed by atoms with van der Waals surface area (Å²) in [4.78, 5) is 48.9. The van der Waals surface area contributed by atoms with Crippen LogP contribution in [0, 0.1) is 11.8 Å². The van der Waals surface area contributed by atoms with Gasteiger partial charge < -0.3 is 20.3 Å². The molecule has 0 aromatic carbocycles. The second-order valence-corrected chi connectivity index (χ2v) is 11.1. The lowest BCUT2D eigenvalue weighted by atomic mass is 10.1. The molecule has 0 radical (unpaired) electrons. The highest BCUT2D eigenvalue weighted by molar-refractivity contribution is 5.86. The Hall–Kier alpha value is -2.52. The number of primary amides is 1. The van der Waals surface area contributed by atoms with Gasteiger partial charge in [0.1, 0.15) is 23.3 Å². The molecule has 2 saturated carbocycles. The molecular weight excluding hydrogens is 430 g/mol. The third-order valence-electron chi connectivity index (χ3n) is 6.03. The second-order valence-electron chi connectivity index (χ2n) is 11.1. The van der Waals surface area contributed by atoms with Crippen molar-refractivity contribution >= 4 is 24.1 Å². The van der Waals surface area contributed by atoms with Crippen LogP contribution in [-0.4, -0.2) is 74.3 Å². The SMILES string of the molecule is C.CC(C)(C)OC(=O)N1[C@H](C(=O)O)C[C@@H]2C[C@@H]21.CC(C)(C)OC(=O)N1[C@H](C(N)=O)C[C@@H]2C[C@@H]21.[HH]. The molecule has 10 heteroatoms. The van der Waals surface area contributed by atoms with Gasteiger partial charge >= 0.3 is 18.2 Å². The van der Waals surface area contributed by atoms with E-state index in [9.17, 15) is 19.2 Å². The van der Waals surface area contributed by atoms with Gasteiger partial charge in [-0.2, -0.15) is 0 Å². The molecule has 10 nitrogen and oxygen atoms in total. The normalized spacial score (nSPS) is 31.2. The van der Waals surface area contributed by atoms with Crippen molar-refractivity contribution in [2.45, 2.75) is 110 Å². The van der Waals surface area contributed by atoms with Gasteiger partial charge in [0.25, 0.3) is 0 Å². The maximum Gasteiger partial charge on any atom is 0.411 e. The molecule has 2 aliphatic heterocycles. The van der Waals surface area contributed by atoms with Crippen molar-refractivity contribution in [2.24, 2.45) is 17.6 Å². The van der Waals surface area contributed by atoms with Crippen LogP contribution in [0.5, 0.6) is 0 Å². The maximum absolute atomic E-state index is 11.9. The number of carboxylic acid groups (broad SMARTS) is 1. The number of hydrogen-bond donors (Lipinski definition) is 2. The van der Waals surface area contributed by atoms with Crippen molar-refractivity contribution in [3.05, 3.63) is 0 Å². The van der Waals surface area contributed by atoms with Gasteiger partial charge in [-0.1, -0.05) is 7.43 Å². The first kappa shape index (κ1) is 26.7. The van der Waals surface area contributed by atoms with E-state index in [4.69, 9.17) is 20.3 Å². The first-order chi connectivity index (χ1) is 14.6. The van der Waals surface area contributed by atoms with E-state index in [1.165, 1.54) is 9.80 Å². The second kappa shape index (κ2) is 9.02. The van der Waals surface area contributed by atoms with E-state index in [-0.39, 0.29) is 20.9 Å². The van der Waals surface area contributed by atoms with Crippen molar-refractivity contribution in [1.82, 2.24) is 9.80 Å². The van der Waals surface area contributed by atoms with Crippen LogP contribution < -0.4 is 5.73 Å². The van der Waals surface area contributed by atoms with E-state index in [0.29, 0.717) is 24.7 Å². The van der Waals surface area contributed by atoms with Crippen molar-refractivity contribution in [1.29, 1.82) is 0 Å². The molecule has 190 valence electrons. The highest BCUT2D eigenvalue weighted by atomic mass is 16.6. The number of rotatable bonds is 2. The number of amides is 3. The summed E-state index contributed by atoms with van der Waals surface area (Å²) in [7, 11) is 0. The van der Waals surface area contributed by atoms with Crippen LogP contribution in [-0.2, 0) is 19.1 Å². The van der Waals surface area contributed by atoms with Gasteiger partial charge in [-0.15, -0.1) is 0 Å². The van der Waals surface area contributed by atoms with Crippen LogP contribution in [0.4, 0.5) is 9.59 Å². The minimum Gasteiger partial charge on any atom is -0.480 e. The lowest BCUT2D eigenvalue weighted by molar-refractivity contribution is -0.142. The molecule has 2 heterocycles. The highest BCUT2D eigenvalue weighted by Gasteiger charge is 2.58. The van der Waals surface area contributed by atoms with Crippen molar-refractivity contribution in [3.63, 3.8) is 0 Å². The Labute approximate surface area is 197 Å². The van der Waals surface area contributed by atoms with Gasteiger partial charge in [-0.25, -0.2) is 14.4 Å². The summed E-state index contributed by atoms with van der Waals surface area (Å²) in [5, 5.41) is 9.02. The average molecular weight is 472 g/mol. The summed E-state index contributed by atoms with van der Waals surface area (Å²) >= 11 is 0. The Morgan fingerprint density at radius 1 is 0.788 bits per heavy atom. The molecule has 0 bridgehead atoms. The molecule has 3 amide bonds. The summed E-state index contributed by atoms with van der Waals surface area (Å²) < 4.78 is 10.5. The van der Waals surface area contributed by atoms with Crippen LogP contribution in [0.15, 0.2) is 0 Å². The van der Waals surface area contributed by atoms with Crippen LogP contribution in [0.25, 0.3) is 0 Å². The maximum atomic E-state index is 11.9. The number of hydrogen-bond acceptors (Lipinski definition) is 6. The van der Waals surface area contributed by atoms with E-state index >= 15 is 0 Å². The quantitative estimate of drug-likeness (QED) is 0.630. The largest absolute Gasteiger partial charge is 0.480 e. The van der Waals surface area contributed by atoms with Gasteiger partial charge in [0.2, 0.25) is 5.91 Å². The van der Waals surface area contributed by atoms with Gasteiger partial charge in [-0.05, 0) is 79.1 Å². The Morgan fingerprint density at radius 2 is 1.15 bits per heavy atom. The van der Waals surface area contributed by atoms with Crippen molar-refractivity contribution in [3.8, 4) is 0 Å². The number of carbonyl (C=O) groups excluding carboxylic acids is 3. The zero-order chi connectivity index (χ0) is 24.2. The van der Waals surface area contributed by atoms with E-state index in [0.717, 1.165) is 12.8 Å². The fraction of sp³-hybridized carbons (Fsp3) is 0.826. The number of carbonyl (C=O) groups is 4. The fourth-order valence-corrected chi connectivity index (χ4v) is 4.54. The first-order valence-electron chi connectivity index (χ1n) is 11.1. The number of piperidine rings is 2. The molecule has 6 atom stereocenters. The van der Waals surface area contributed by atoms with Crippen LogP contribution in [0.1, 0.15) is 76.1 Å². The number of nitrogens with zero attached hydrogens (tertiary/aromatic N) is 2. The molecule has 33 heavy (non-hydrogen) atoms. The van der Waals surface area contributed by atoms with Crippen LogP contribution in [0.2, 0.25) is 0 Å². The highest BCUT2D eigenvalue weighted by Crippen LogP contribution is 2.49. The minimum atomic E-state index is -0.932. The predicted octanol–water partition coefficient (Wildman–Crippen LogP) is 3.22. The van der Waals surface area contributed by atoms with E-state index in [1.54, 1.807) is 20.8 Å². The Kier molecular flexibility index (Phi) is 7.31. The lowest BCUT2D eigenvalue weighted by Gasteiger charge is -2.28. The number of carboxylic acids is 1. The fourth-order valence-electron chi connectivity index (χ4n) is 4.54. The third kappa shape index (κ3) is 6.29. The average Bonchev–Trinajstić information content (AvgIpc) is 3.47. The van der Waals surface area contributed by atoms with E-state index in [1.807, 2.05) is 20.8 Å². The third-order valence-corrected chi connectivity index (χ3v) is 6.03. The van der Waals surface area contributed by atoms with E-state index in [2.05, 4.69) is 0 Å². The molecule has 0 aromatic heterocycles. The van der Waals surface area contributed by atoms with Gasteiger partial charge in [-0.3, -0.25) is 14.6 Å². The molecule has 2 saturated heterocycles. The Morgan fingerprint density at radius 3 is 1.48 bits per heavy atom. The van der Waals surface area contributed by atoms with Gasteiger partial charge in [0.05, 0.1) is 0 Å². The summed E-state index contributed by atoms with van der Waals surface area (Å²) in [5.41, 5.74) is 4.17. The molecular formula is C23H41N3O7. The number of ether oxygens (including phenoxy) is 2. The molecule has 3 N–H and O–H groups in total. The topological polar surface area (TPSA) is 139 Å². The molecule has 0 spiro atoms. The molecule has 4 fully saturated rings.